The van der Waals surface area contributed by atoms with Gasteiger partial charge in [0.25, 0.3) is 0 Å². The number of nitrogens with zero attached hydrogens (tertiary/aromatic N) is 4. The second kappa shape index (κ2) is 7.17. The molecule has 0 spiro atoms. The van der Waals surface area contributed by atoms with Gasteiger partial charge in [-0.05, 0) is 31.7 Å². The first-order valence-corrected chi connectivity index (χ1v) is 9.59. The summed E-state index contributed by atoms with van der Waals surface area (Å²) in [5.74, 6) is 0.344. The van der Waals surface area contributed by atoms with Crippen molar-refractivity contribution in [2.75, 3.05) is 13.1 Å². The second-order valence-electron chi connectivity index (χ2n) is 7.81. The summed E-state index contributed by atoms with van der Waals surface area (Å²) in [6, 6.07) is 1.89. The van der Waals surface area contributed by atoms with E-state index in [1.54, 1.807) is 11.0 Å². The zero-order chi connectivity index (χ0) is 19.0. The van der Waals surface area contributed by atoms with Crippen molar-refractivity contribution in [2.45, 2.75) is 45.7 Å². The molecule has 2 amide bonds. The van der Waals surface area contributed by atoms with Crippen molar-refractivity contribution in [3.63, 3.8) is 0 Å². The largest absolute Gasteiger partial charge is 0.351 e. The fourth-order valence-electron chi connectivity index (χ4n) is 4.07. The number of hydrogen-bond donors (Lipinski definition) is 2. The summed E-state index contributed by atoms with van der Waals surface area (Å²) in [7, 11) is 0. The Hall–Kier alpha value is -2.64. The van der Waals surface area contributed by atoms with Crippen molar-refractivity contribution in [2.24, 2.45) is 11.8 Å². The molecule has 3 heterocycles. The lowest BCUT2D eigenvalue weighted by Gasteiger charge is -2.24. The van der Waals surface area contributed by atoms with Gasteiger partial charge < -0.3 is 15.2 Å². The number of fused-ring (bicyclic) bond motifs is 1. The highest BCUT2D eigenvalue weighted by atomic mass is 16.2. The number of nitrogens with one attached hydrogen (secondary N) is 2. The Balaban J connectivity index is 1.32. The molecule has 2 aliphatic rings. The molecule has 27 heavy (non-hydrogen) atoms. The number of aryl methyl sites for hydroxylation is 2. The molecular weight excluding hydrogens is 344 g/mol. The number of rotatable bonds is 4. The molecule has 1 fully saturated rings. The molecule has 0 saturated carbocycles. The number of imidazole rings is 1. The molecule has 2 aromatic heterocycles. The minimum atomic E-state index is -0.0260. The van der Waals surface area contributed by atoms with Gasteiger partial charge in [0.2, 0.25) is 11.8 Å². The molecule has 8 heteroatoms. The van der Waals surface area contributed by atoms with Crippen molar-refractivity contribution in [1.29, 1.82) is 0 Å². The summed E-state index contributed by atoms with van der Waals surface area (Å²) < 4.78 is 1.66. The fourth-order valence-corrected chi connectivity index (χ4v) is 4.07. The number of H-pyrrole nitrogens is 1. The fraction of sp³-hybridized carbons (Fsp3) is 0.579. The SMILES string of the molecule is Cc1ccn(CC(=O)N2C[C@@H](C)[C@H](NC(=O)C3CCc4nc[nH]c4C3)C2)n1. The van der Waals surface area contributed by atoms with Crippen molar-refractivity contribution in [3.8, 4) is 0 Å². The van der Waals surface area contributed by atoms with E-state index >= 15 is 0 Å². The van der Waals surface area contributed by atoms with Crippen LogP contribution in [-0.4, -0.2) is 55.6 Å². The molecule has 1 saturated heterocycles. The summed E-state index contributed by atoms with van der Waals surface area (Å²) in [5, 5.41) is 7.46. The third kappa shape index (κ3) is 3.74. The molecule has 1 aliphatic heterocycles. The van der Waals surface area contributed by atoms with Gasteiger partial charge in [-0.2, -0.15) is 5.10 Å². The lowest BCUT2D eigenvalue weighted by atomic mass is 9.88. The highest BCUT2D eigenvalue weighted by molar-refractivity contribution is 5.80. The Labute approximate surface area is 158 Å². The van der Waals surface area contributed by atoms with Gasteiger partial charge in [-0.3, -0.25) is 14.3 Å². The Kier molecular flexibility index (Phi) is 4.72. The van der Waals surface area contributed by atoms with Gasteiger partial charge in [0.15, 0.2) is 0 Å². The molecular formula is C19H26N6O2. The maximum Gasteiger partial charge on any atom is 0.244 e. The molecule has 2 N–H and O–H groups in total. The highest BCUT2D eigenvalue weighted by Gasteiger charge is 2.35. The number of amides is 2. The average molecular weight is 370 g/mol. The van der Waals surface area contributed by atoms with E-state index in [9.17, 15) is 9.59 Å². The predicted molar refractivity (Wildman–Crippen MR) is 98.7 cm³/mol. The lowest BCUT2D eigenvalue weighted by Crippen LogP contribution is -2.44. The van der Waals surface area contributed by atoms with E-state index in [1.165, 1.54) is 0 Å². The molecule has 144 valence electrons. The Morgan fingerprint density at radius 1 is 1.37 bits per heavy atom. The summed E-state index contributed by atoms with van der Waals surface area (Å²) in [6.07, 6.45) is 5.90. The van der Waals surface area contributed by atoms with Crippen LogP contribution in [-0.2, 0) is 29.0 Å². The maximum absolute atomic E-state index is 12.7. The quantitative estimate of drug-likeness (QED) is 0.827. The molecule has 0 bridgehead atoms. The molecule has 4 rings (SSSR count). The van der Waals surface area contributed by atoms with Crippen LogP contribution in [0.1, 0.15) is 30.4 Å². The van der Waals surface area contributed by atoms with Crippen molar-refractivity contribution in [3.05, 3.63) is 35.7 Å². The van der Waals surface area contributed by atoms with E-state index in [0.717, 1.165) is 29.9 Å². The van der Waals surface area contributed by atoms with E-state index in [1.807, 2.05) is 24.1 Å². The first-order chi connectivity index (χ1) is 13.0. The first kappa shape index (κ1) is 17.8. The van der Waals surface area contributed by atoms with Crippen molar-refractivity contribution in [1.82, 2.24) is 30.0 Å². The van der Waals surface area contributed by atoms with Crippen LogP contribution in [0.2, 0.25) is 0 Å². The number of aromatic nitrogens is 4. The number of likely N-dealkylation sites (tertiary alicyclic amines) is 1. The van der Waals surface area contributed by atoms with Gasteiger partial charge in [0.05, 0.1) is 23.8 Å². The minimum absolute atomic E-state index is 0.00368. The van der Waals surface area contributed by atoms with Crippen molar-refractivity contribution >= 4 is 11.8 Å². The first-order valence-electron chi connectivity index (χ1n) is 9.59. The van der Waals surface area contributed by atoms with Crippen LogP contribution in [0.15, 0.2) is 18.6 Å². The minimum Gasteiger partial charge on any atom is -0.351 e. The van der Waals surface area contributed by atoms with Gasteiger partial charge in [-0.15, -0.1) is 0 Å². The molecule has 3 atom stereocenters. The Bertz CT molecular complexity index is 841. The topological polar surface area (TPSA) is 95.9 Å². The average Bonchev–Trinajstić information content (AvgIpc) is 3.35. The van der Waals surface area contributed by atoms with Crippen LogP contribution in [0.5, 0.6) is 0 Å². The summed E-state index contributed by atoms with van der Waals surface area (Å²) >= 11 is 0. The van der Waals surface area contributed by atoms with Crippen LogP contribution < -0.4 is 5.32 Å². The second-order valence-corrected chi connectivity index (χ2v) is 7.81. The van der Waals surface area contributed by atoms with E-state index in [2.05, 4.69) is 27.3 Å². The zero-order valence-electron chi connectivity index (χ0n) is 15.8. The van der Waals surface area contributed by atoms with E-state index in [0.29, 0.717) is 19.5 Å². The van der Waals surface area contributed by atoms with Gasteiger partial charge in [0.1, 0.15) is 6.54 Å². The maximum atomic E-state index is 12.7. The third-order valence-corrected chi connectivity index (χ3v) is 5.72. The zero-order valence-corrected chi connectivity index (χ0v) is 15.8. The monoisotopic (exact) mass is 370 g/mol. The van der Waals surface area contributed by atoms with Gasteiger partial charge in [-0.1, -0.05) is 6.92 Å². The standard InChI is InChI=1S/C19H26N6O2/c1-12-8-24(18(26)10-25-6-5-13(2)23-25)9-17(12)22-19(27)14-3-4-15-16(7-14)21-11-20-15/h5-6,11-12,14,17H,3-4,7-10H2,1-2H3,(H,20,21)(H,22,27)/t12-,14?,17-/m1/s1. The van der Waals surface area contributed by atoms with E-state index in [4.69, 9.17) is 0 Å². The Morgan fingerprint density at radius 2 is 2.22 bits per heavy atom. The molecule has 0 radical (unpaired) electrons. The summed E-state index contributed by atoms with van der Waals surface area (Å²) in [6.45, 7) is 5.46. The lowest BCUT2D eigenvalue weighted by molar-refractivity contribution is -0.131. The van der Waals surface area contributed by atoms with Gasteiger partial charge in [0, 0.05) is 37.3 Å². The van der Waals surface area contributed by atoms with Crippen LogP contribution in [0.3, 0.4) is 0 Å². The molecule has 2 aromatic rings. The highest BCUT2D eigenvalue weighted by Crippen LogP contribution is 2.24. The smallest absolute Gasteiger partial charge is 0.244 e. The predicted octanol–water partition coefficient (Wildman–Crippen LogP) is 0.683. The number of carbonyl (C=O) groups excluding carboxylic acids is 2. The summed E-state index contributed by atoms with van der Waals surface area (Å²) in [5.41, 5.74) is 3.06. The molecule has 8 nitrogen and oxygen atoms in total. The van der Waals surface area contributed by atoms with Crippen LogP contribution in [0, 0.1) is 18.8 Å². The van der Waals surface area contributed by atoms with E-state index in [-0.39, 0.29) is 36.2 Å². The number of aromatic amines is 1. The molecule has 1 aliphatic carbocycles. The molecule has 0 aromatic carbocycles. The summed E-state index contributed by atoms with van der Waals surface area (Å²) in [4.78, 5) is 34.6. The van der Waals surface area contributed by atoms with Crippen LogP contribution >= 0.6 is 0 Å². The van der Waals surface area contributed by atoms with Crippen LogP contribution in [0.25, 0.3) is 0 Å². The molecule has 1 unspecified atom stereocenters. The third-order valence-electron chi connectivity index (χ3n) is 5.72. The van der Waals surface area contributed by atoms with Crippen molar-refractivity contribution < 1.29 is 9.59 Å². The normalized spacial score (nSPS) is 24.7. The van der Waals surface area contributed by atoms with Crippen LogP contribution in [0.4, 0.5) is 0 Å². The van der Waals surface area contributed by atoms with Gasteiger partial charge in [-0.25, -0.2) is 4.98 Å². The number of carbonyl (C=O) groups is 2. The Morgan fingerprint density at radius 3 is 3.00 bits per heavy atom. The van der Waals surface area contributed by atoms with Gasteiger partial charge >= 0.3 is 0 Å². The number of hydrogen-bond acceptors (Lipinski definition) is 4. The van der Waals surface area contributed by atoms with E-state index < -0.39 is 0 Å².